The van der Waals surface area contributed by atoms with Crippen molar-refractivity contribution in [2.75, 3.05) is 0 Å². The van der Waals surface area contributed by atoms with Crippen LogP contribution in [-0.2, 0) is 5.41 Å². The number of H-pyrrole nitrogens is 1. The number of para-hydroxylation sites is 1. The second kappa shape index (κ2) is 5.75. The molecular weight excluding hydrogens is 374 g/mol. The summed E-state index contributed by atoms with van der Waals surface area (Å²) < 4.78 is 0. The molecule has 0 unspecified atom stereocenters. The summed E-state index contributed by atoms with van der Waals surface area (Å²) in [5.74, 6) is 0. The van der Waals surface area contributed by atoms with Crippen molar-refractivity contribution in [2.24, 2.45) is 0 Å². The molecule has 0 amide bonds. The van der Waals surface area contributed by atoms with Crippen LogP contribution in [0.2, 0.25) is 5.02 Å². The van der Waals surface area contributed by atoms with Gasteiger partial charge in [0.1, 0.15) is 0 Å². The first-order chi connectivity index (χ1) is 14.0. The summed E-state index contributed by atoms with van der Waals surface area (Å²) in [7, 11) is 0. The van der Waals surface area contributed by atoms with Gasteiger partial charge in [0.05, 0.1) is 0 Å². The quantitative estimate of drug-likeness (QED) is 0.297. The highest BCUT2D eigenvalue weighted by molar-refractivity contribution is 6.30. The predicted molar refractivity (Wildman–Crippen MR) is 124 cm³/mol. The van der Waals surface area contributed by atoms with Gasteiger partial charge in [0.15, 0.2) is 0 Å². The van der Waals surface area contributed by atoms with Gasteiger partial charge in [-0.3, -0.25) is 0 Å². The maximum atomic E-state index is 6.33. The third-order valence-electron chi connectivity index (χ3n) is 6.48. The zero-order chi connectivity index (χ0) is 19.8. The van der Waals surface area contributed by atoms with E-state index in [1.54, 1.807) is 0 Å². The minimum Gasteiger partial charge on any atom is -0.354 e. The topological polar surface area (TPSA) is 15.8 Å². The van der Waals surface area contributed by atoms with Gasteiger partial charge in [0.25, 0.3) is 0 Å². The number of hydrogen-bond donors (Lipinski definition) is 1. The predicted octanol–water partition coefficient (Wildman–Crippen LogP) is 7.95. The average molecular weight is 394 g/mol. The molecule has 1 N–H and O–H groups in total. The van der Waals surface area contributed by atoms with Crippen molar-refractivity contribution in [1.29, 1.82) is 0 Å². The van der Waals surface area contributed by atoms with E-state index in [9.17, 15) is 0 Å². The van der Waals surface area contributed by atoms with Crippen LogP contribution in [-0.4, -0.2) is 4.98 Å². The number of fused-ring (bicyclic) bond motifs is 6. The lowest BCUT2D eigenvalue weighted by atomic mass is 9.81. The second-order valence-electron chi connectivity index (χ2n) is 8.47. The lowest BCUT2D eigenvalue weighted by Crippen LogP contribution is -2.15. The summed E-state index contributed by atoms with van der Waals surface area (Å²) >= 11 is 6.33. The normalized spacial score (nSPS) is 14.3. The molecule has 1 aromatic heterocycles. The van der Waals surface area contributed by atoms with Crippen LogP contribution in [0.15, 0.2) is 78.9 Å². The molecule has 0 saturated carbocycles. The fraction of sp³-hybridized carbons (Fsp3) is 0.111. The molecule has 0 fully saturated rings. The Kier molecular flexibility index (Phi) is 3.34. The molecule has 0 bridgehead atoms. The van der Waals surface area contributed by atoms with E-state index in [-0.39, 0.29) is 5.41 Å². The van der Waals surface area contributed by atoms with Gasteiger partial charge in [-0.15, -0.1) is 0 Å². The van der Waals surface area contributed by atoms with Crippen molar-refractivity contribution in [3.05, 3.63) is 95.0 Å². The Morgan fingerprint density at radius 2 is 1.41 bits per heavy atom. The van der Waals surface area contributed by atoms with E-state index >= 15 is 0 Å². The Morgan fingerprint density at radius 1 is 0.690 bits per heavy atom. The lowest BCUT2D eigenvalue weighted by Gasteiger charge is -2.22. The summed E-state index contributed by atoms with van der Waals surface area (Å²) in [4.78, 5) is 3.56. The first kappa shape index (κ1) is 16.9. The summed E-state index contributed by atoms with van der Waals surface area (Å²) in [6.45, 7) is 4.59. The van der Waals surface area contributed by atoms with E-state index < -0.39 is 0 Å². The first-order valence-electron chi connectivity index (χ1n) is 9.99. The highest BCUT2D eigenvalue weighted by Crippen LogP contribution is 2.50. The average Bonchev–Trinajstić information content (AvgIpc) is 3.21. The van der Waals surface area contributed by atoms with Crippen LogP contribution < -0.4 is 0 Å². The highest BCUT2D eigenvalue weighted by atomic mass is 35.5. The first-order valence-corrected chi connectivity index (χ1v) is 10.4. The number of aromatic nitrogens is 1. The van der Waals surface area contributed by atoms with Crippen LogP contribution in [0.5, 0.6) is 0 Å². The Morgan fingerprint density at radius 3 is 2.28 bits per heavy atom. The number of nitrogens with one attached hydrogen (secondary N) is 1. The van der Waals surface area contributed by atoms with Crippen LogP contribution in [0.1, 0.15) is 25.0 Å². The van der Waals surface area contributed by atoms with Gasteiger partial charge in [-0.05, 0) is 63.7 Å². The molecule has 140 valence electrons. The third kappa shape index (κ3) is 2.28. The van der Waals surface area contributed by atoms with Gasteiger partial charge in [-0.25, -0.2) is 0 Å². The molecule has 29 heavy (non-hydrogen) atoms. The lowest BCUT2D eigenvalue weighted by molar-refractivity contribution is 0.660. The molecule has 1 aliphatic carbocycles. The SMILES string of the molecule is CC1(C)c2cc(Cl)ccc2-c2ccc(-c3cccc4[nH]c5ccccc5c34)cc21. The molecule has 0 atom stereocenters. The zero-order valence-corrected chi connectivity index (χ0v) is 17.1. The maximum absolute atomic E-state index is 6.33. The molecule has 2 heteroatoms. The summed E-state index contributed by atoms with van der Waals surface area (Å²) in [5.41, 5.74) is 10.1. The Balaban J connectivity index is 1.62. The van der Waals surface area contributed by atoms with Gasteiger partial charge in [0.2, 0.25) is 0 Å². The van der Waals surface area contributed by atoms with Crippen molar-refractivity contribution in [2.45, 2.75) is 19.3 Å². The molecule has 1 aliphatic rings. The Labute approximate surface area is 175 Å². The molecule has 4 aromatic carbocycles. The van der Waals surface area contributed by atoms with E-state index in [2.05, 4.69) is 91.6 Å². The van der Waals surface area contributed by atoms with Gasteiger partial charge in [0, 0.05) is 32.2 Å². The van der Waals surface area contributed by atoms with Gasteiger partial charge in [-0.2, -0.15) is 0 Å². The molecule has 0 spiro atoms. The molecule has 6 rings (SSSR count). The fourth-order valence-electron chi connectivity index (χ4n) is 5.02. The third-order valence-corrected chi connectivity index (χ3v) is 6.71. The summed E-state index contributed by atoms with van der Waals surface area (Å²) in [6, 6.07) is 28.3. The number of rotatable bonds is 1. The summed E-state index contributed by atoms with van der Waals surface area (Å²) in [6.07, 6.45) is 0. The maximum Gasteiger partial charge on any atom is 0.0471 e. The molecule has 5 aromatic rings. The molecular formula is C27H20ClN. The van der Waals surface area contributed by atoms with Gasteiger partial charge < -0.3 is 4.98 Å². The van der Waals surface area contributed by atoms with Crippen LogP contribution in [0, 0.1) is 0 Å². The van der Waals surface area contributed by atoms with E-state index in [0.717, 1.165) is 5.02 Å². The monoisotopic (exact) mass is 393 g/mol. The van der Waals surface area contributed by atoms with Crippen molar-refractivity contribution >= 4 is 33.4 Å². The fourth-order valence-corrected chi connectivity index (χ4v) is 5.19. The molecule has 1 heterocycles. The van der Waals surface area contributed by atoms with E-state index in [4.69, 9.17) is 11.6 Å². The number of benzene rings is 4. The van der Waals surface area contributed by atoms with Crippen LogP contribution in [0.3, 0.4) is 0 Å². The minimum atomic E-state index is -0.0698. The van der Waals surface area contributed by atoms with E-state index in [1.165, 1.54) is 55.2 Å². The van der Waals surface area contributed by atoms with Crippen molar-refractivity contribution in [3.8, 4) is 22.3 Å². The molecule has 0 aliphatic heterocycles. The smallest absolute Gasteiger partial charge is 0.0471 e. The molecule has 0 radical (unpaired) electrons. The Hall–Kier alpha value is -3.03. The standard InChI is InChI=1S/C27H20ClN/c1-27(2)22-14-16(10-12-19(22)20-13-11-17(28)15-23(20)27)18-7-5-9-25-26(18)21-6-3-4-8-24(21)29-25/h3-15,29H,1-2H3. The highest BCUT2D eigenvalue weighted by Gasteiger charge is 2.35. The van der Waals surface area contributed by atoms with E-state index in [1.807, 2.05) is 6.07 Å². The number of hydrogen-bond acceptors (Lipinski definition) is 0. The van der Waals surface area contributed by atoms with Crippen LogP contribution in [0.4, 0.5) is 0 Å². The van der Waals surface area contributed by atoms with Gasteiger partial charge in [-0.1, -0.05) is 74.0 Å². The van der Waals surface area contributed by atoms with Crippen molar-refractivity contribution in [3.63, 3.8) is 0 Å². The number of halogens is 1. The Bertz CT molecular complexity index is 1440. The second-order valence-corrected chi connectivity index (χ2v) is 8.91. The van der Waals surface area contributed by atoms with Crippen LogP contribution in [0.25, 0.3) is 44.1 Å². The minimum absolute atomic E-state index is 0.0698. The van der Waals surface area contributed by atoms with Crippen molar-refractivity contribution in [1.82, 2.24) is 4.98 Å². The van der Waals surface area contributed by atoms with E-state index in [0.29, 0.717) is 0 Å². The van der Waals surface area contributed by atoms with Crippen LogP contribution >= 0.6 is 11.6 Å². The molecule has 0 saturated heterocycles. The van der Waals surface area contributed by atoms with Gasteiger partial charge >= 0.3 is 0 Å². The summed E-state index contributed by atoms with van der Waals surface area (Å²) in [5, 5.41) is 3.36. The largest absolute Gasteiger partial charge is 0.354 e. The zero-order valence-electron chi connectivity index (χ0n) is 16.4. The molecule has 1 nitrogen and oxygen atoms in total. The van der Waals surface area contributed by atoms with Crippen molar-refractivity contribution < 1.29 is 0 Å². The number of aromatic amines is 1.